The molecule has 2 aromatic carbocycles. The van der Waals surface area contributed by atoms with Crippen LogP contribution in [0.25, 0.3) is 0 Å². The number of rotatable bonds is 6. The molecule has 1 unspecified atom stereocenters. The van der Waals surface area contributed by atoms with E-state index in [1.165, 1.54) is 16.7 Å². The van der Waals surface area contributed by atoms with Crippen LogP contribution in [0.3, 0.4) is 0 Å². The van der Waals surface area contributed by atoms with Gasteiger partial charge in [-0.05, 0) is 37.2 Å². The van der Waals surface area contributed by atoms with E-state index in [0.717, 1.165) is 12.3 Å². The molecule has 0 aliphatic heterocycles. The van der Waals surface area contributed by atoms with Crippen LogP contribution in [0, 0.1) is 6.92 Å². The smallest absolute Gasteiger partial charge is 0.118 e. The van der Waals surface area contributed by atoms with Crippen molar-refractivity contribution in [1.82, 2.24) is 4.90 Å². The molecular weight excluding hydrogens is 260 g/mol. The van der Waals surface area contributed by atoms with Gasteiger partial charge in [-0.1, -0.05) is 42.0 Å². The number of nitrogens with two attached hydrogens (primary N) is 1. The highest BCUT2D eigenvalue weighted by Gasteiger charge is 2.15. The van der Waals surface area contributed by atoms with Gasteiger partial charge in [-0.25, -0.2) is 0 Å². The molecule has 0 bridgehead atoms. The van der Waals surface area contributed by atoms with Crippen molar-refractivity contribution in [2.75, 3.05) is 20.7 Å². The first-order chi connectivity index (χ1) is 10.1. The second-order valence-corrected chi connectivity index (χ2v) is 5.43. The van der Waals surface area contributed by atoms with Gasteiger partial charge in [0.05, 0.1) is 7.11 Å². The first-order valence-electron chi connectivity index (χ1n) is 7.24. The van der Waals surface area contributed by atoms with Crippen molar-refractivity contribution < 1.29 is 4.74 Å². The maximum atomic E-state index is 5.98. The molecule has 0 aliphatic carbocycles. The van der Waals surface area contributed by atoms with E-state index in [0.29, 0.717) is 6.54 Å². The molecule has 3 nitrogen and oxygen atoms in total. The number of benzene rings is 2. The molecule has 0 aromatic heterocycles. The first kappa shape index (κ1) is 15.5. The molecule has 0 saturated carbocycles. The molecule has 1 atom stereocenters. The SMILES string of the molecule is COc1ccc(CN(C)C(CN)c2ccc(C)cc2)cc1. The lowest BCUT2D eigenvalue weighted by Gasteiger charge is -2.27. The summed E-state index contributed by atoms with van der Waals surface area (Å²) in [5.74, 6) is 0.885. The summed E-state index contributed by atoms with van der Waals surface area (Å²) in [6, 6.07) is 17.0. The Bertz CT molecular complexity index is 548. The second kappa shape index (κ2) is 7.25. The van der Waals surface area contributed by atoms with Crippen LogP contribution in [0.5, 0.6) is 5.75 Å². The normalized spacial score (nSPS) is 12.4. The summed E-state index contributed by atoms with van der Waals surface area (Å²) in [5, 5.41) is 0. The Labute approximate surface area is 127 Å². The largest absolute Gasteiger partial charge is 0.497 e. The van der Waals surface area contributed by atoms with Gasteiger partial charge < -0.3 is 10.5 Å². The summed E-state index contributed by atoms with van der Waals surface area (Å²) in [4.78, 5) is 2.28. The highest BCUT2D eigenvalue weighted by Crippen LogP contribution is 2.21. The van der Waals surface area contributed by atoms with Gasteiger partial charge in [0.1, 0.15) is 5.75 Å². The van der Waals surface area contributed by atoms with E-state index < -0.39 is 0 Å². The monoisotopic (exact) mass is 284 g/mol. The van der Waals surface area contributed by atoms with Crippen molar-refractivity contribution in [3.63, 3.8) is 0 Å². The van der Waals surface area contributed by atoms with E-state index >= 15 is 0 Å². The van der Waals surface area contributed by atoms with Crippen molar-refractivity contribution in [2.24, 2.45) is 5.73 Å². The average Bonchev–Trinajstić information content (AvgIpc) is 2.50. The topological polar surface area (TPSA) is 38.5 Å². The second-order valence-electron chi connectivity index (χ2n) is 5.43. The number of nitrogens with zero attached hydrogens (tertiary/aromatic N) is 1. The summed E-state index contributed by atoms with van der Waals surface area (Å²) in [7, 11) is 3.80. The molecule has 0 heterocycles. The molecule has 112 valence electrons. The minimum Gasteiger partial charge on any atom is -0.497 e. The zero-order valence-corrected chi connectivity index (χ0v) is 13.0. The van der Waals surface area contributed by atoms with Crippen LogP contribution < -0.4 is 10.5 Å². The van der Waals surface area contributed by atoms with Gasteiger partial charge in [0, 0.05) is 19.1 Å². The van der Waals surface area contributed by atoms with Gasteiger partial charge in [-0.3, -0.25) is 4.90 Å². The Morgan fingerprint density at radius 3 is 2.19 bits per heavy atom. The van der Waals surface area contributed by atoms with Crippen LogP contribution >= 0.6 is 0 Å². The van der Waals surface area contributed by atoms with Crippen molar-refractivity contribution in [3.05, 3.63) is 65.2 Å². The third-order valence-electron chi connectivity index (χ3n) is 3.81. The molecular formula is C18H24N2O. The Morgan fingerprint density at radius 1 is 1.05 bits per heavy atom. The van der Waals surface area contributed by atoms with Crippen molar-refractivity contribution in [1.29, 1.82) is 0 Å². The van der Waals surface area contributed by atoms with Gasteiger partial charge in [-0.2, -0.15) is 0 Å². The fourth-order valence-corrected chi connectivity index (χ4v) is 2.49. The zero-order chi connectivity index (χ0) is 15.2. The summed E-state index contributed by atoms with van der Waals surface area (Å²) in [6.07, 6.45) is 0. The van der Waals surface area contributed by atoms with E-state index in [4.69, 9.17) is 10.5 Å². The first-order valence-corrected chi connectivity index (χ1v) is 7.24. The van der Waals surface area contributed by atoms with Gasteiger partial charge in [0.15, 0.2) is 0 Å². The van der Waals surface area contributed by atoms with Gasteiger partial charge in [0.2, 0.25) is 0 Å². The Kier molecular flexibility index (Phi) is 5.37. The molecule has 0 aliphatic rings. The standard InChI is InChI=1S/C18H24N2O/c1-14-4-8-16(9-5-14)18(12-19)20(2)13-15-6-10-17(21-3)11-7-15/h4-11,18H,12-13,19H2,1-3H3. The lowest BCUT2D eigenvalue weighted by atomic mass is 10.0. The van der Waals surface area contributed by atoms with Crippen molar-refractivity contribution >= 4 is 0 Å². The molecule has 2 N–H and O–H groups in total. The molecule has 2 aromatic rings. The predicted octanol–water partition coefficient (Wildman–Crippen LogP) is 3.14. The Balaban J connectivity index is 2.08. The summed E-state index contributed by atoms with van der Waals surface area (Å²) < 4.78 is 5.19. The number of methoxy groups -OCH3 is 1. The highest BCUT2D eigenvalue weighted by atomic mass is 16.5. The number of hydrogen-bond acceptors (Lipinski definition) is 3. The molecule has 3 heteroatoms. The molecule has 0 radical (unpaired) electrons. The molecule has 21 heavy (non-hydrogen) atoms. The summed E-state index contributed by atoms with van der Waals surface area (Å²) in [5.41, 5.74) is 9.77. The number of aryl methyl sites for hydroxylation is 1. The minimum absolute atomic E-state index is 0.229. The maximum Gasteiger partial charge on any atom is 0.118 e. The third kappa shape index (κ3) is 4.06. The summed E-state index contributed by atoms with van der Waals surface area (Å²) >= 11 is 0. The van der Waals surface area contributed by atoms with Crippen LogP contribution in [-0.4, -0.2) is 25.6 Å². The van der Waals surface area contributed by atoms with E-state index in [2.05, 4.69) is 55.3 Å². The quantitative estimate of drug-likeness (QED) is 0.885. The predicted molar refractivity (Wildman–Crippen MR) is 87.4 cm³/mol. The zero-order valence-electron chi connectivity index (χ0n) is 13.0. The Hall–Kier alpha value is -1.84. The number of ether oxygens (including phenoxy) is 1. The summed E-state index contributed by atoms with van der Waals surface area (Å²) in [6.45, 7) is 3.57. The fraction of sp³-hybridized carbons (Fsp3) is 0.333. The van der Waals surface area contributed by atoms with E-state index in [-0.39, 0.29) is 6.04 Å². The lowest BCUT2D eigenvalue weighted by molar-refractivity contribution is 0.241. The highest BCUT2D eigenvalue weighted by molar-refractivity contribution is 5.28. The minimum atomic E-state index is 0.229. The van der Waals surface area contributed by atoms with Crippen LogP contribution in [0.1, 0.15) is 22.7 Å². The third-order valence-corrected chi connectivity index (χ3v) is 3.81. The van der Waals surface area contributed by atoms with Crippen LogP contribution in [0.15, 0.2) is 48.5 Å². The molecule has 0 fully saturated rings. The average molecular weight is 284 g/mol. The van der Waals surface area contributed by atoms with Gasteiger partial charge >= 0.3 is 0 Å². The molecule has 0 spiro atoms. The van der Waals surface area contributed by atoms with Crippen LogP contribution in [0.2, 0.25) is 0 Å². The van der Waals surface area contributed by atoms with Gasteiger partial charge in [0.25, 0.3) is 0 Å². The van der Waals surface area contributed by atoms with Gasteiger partial charge in [-0.15, -0.1) is 0 Å². The van der Waals surface area contributed by atoms with E-state index in [9.17, 15) is 0 Å². The van der Waals surface area contributed by atoms with Crippen LogP contribution in [-0.2, 0) is 6.54 Å². The lowest BCUT2D eigenvalue weighted by Crippen LogP contribution is -2.30. The van der Waals surface area contributed by atoms with Crippen molar-refractivity contribution in [3.8, 4) is 5.75 Å². The number of hydrogen-bond donors (Lipinski definition) is 1. The van der Waals surface area contributed by atoms with Crippen LogP contribution in [0.4, 0.5) is 0 Å². The Morgan fingerprint density at radius 2 is 1.67 bits per heavy atom. The fourth-order valence-electron chi connectivity index (χ4n) is 2.49. The molecule has 0 amide bonds. The van der Waals surface area contributed by atoms with E-state index in [1.807, 2.05) is 12.1 Å². The van der Waals surface area contributed by atoms with E-state index in [1.54, 1.807) is 7.11 Å². The molecule has 0 saturated heterocycles. The molecule has 2 rings (SSSR count). The maximum absolute atomic E-state index is 5.98. The van der Waals surface area contributed by atoms with Crippen molar-refractivity contribution in [2.45, 2.75) is 19.5 Å². The number of likely N-dealkylation sites (N-methyl/N-ethyl adjacent to an activating group) is 1.